The predicted molar refractivity (Wildman–Crippen MR) is 106 cm³/mol. The summed E-state index contributed by atoms with van der Waals surface area (Å²) >= 11 is 0. The lowest BCUT2D eigenvalue weighted by molar-refractivity contribution is -0.384. The molecule has 2 fully saturated rings. The topological polar surface area (TPSA) is 95.8 Å². The zero-order valence-electron chi connectivity index (χ0n) is 16.4. The largest absolute Gasteiger partial charge is 0.366 e. The predicted octanol–water partition coefficient (Wildman–Crippen LogP) is 2.57. The molecule has 2 amide bonds. The maximum absolute atomic E-state index is 12.8. The molecule has 152 valence electrons. The van der Waals surface area contributed by atoms with Crippen LogP contribution in [0.3, 0.4) is 0 Å². The van der Waals surface area contributed by atoms with Gasteiger partial charge in [-0.2, -0.15) is 0 Å². The summed E-state index contributed by atoms with van der Waals surface area (Å²) < 4.78 is 0. The van der Waals surface area contributed by atoms with Crippen LogP contribution >= 0.6 is 0 Å². The van der Waals surface area contributed by atoms with Crippen LogP contribution in [0.4, 0.5) is 11.4 Å². The smallest absolute Gasteiger partial charge is 0.293 e. The second-order valence-corrected chi connectivity index (χ2v) is 7.51. The Morgan fingerprint density at radius 3 is 2.46 bits per heavy atom. The molecular formula is C20H28N4O4. The molecule has 28 heavy (non-hydrogen) atoms. The number of nitro groups is 1. The summed E-state index contributed by atoms with van der Waals surface area (Å²) in [5.74, 6) is -0.217. The monoisotopic (exact) mass is 388 g/mol. The lowest BCUT2D eigenvalue weighted by Gasteiger charge is -2.31. The summed E-state index contributed by atoms with van der Waals surface area (Å²) in [6, 6.07) is 4.78. The average molecular weight is 388 g/mol. The van der Waals surface area contributed by atoms with Crippen LogP contribution < -0.4 is 10.2 Å². The standard InChI is InChI=1S/C20H28N4O4/c1-2-9-21-19(25)15-7-12-23(13-8-15)20(26)16-5-6-17(18(14-16)24(27)28)22-10-3-4-11-22/h5-6,14-15H,2-4,7-13H2,1H3,(H,21,25). The van der Waals surface area contributed by atoms with Gasteiger partial charge >= 0.3 is 0 Å². The van der Waals surface area contributed by atoms with E-state index in [9.17, 15) is 19.7 Å². The van der Waals surface area contributed by atoms with Crippen LogP contribution in [-0.2, 0) is 4.79 Å². The minimum Gasteiger partial charge on any atom is -0.366 e. The molecular weight excluding hydrogens is 360 g/mol. The van der Waals surface area contributed by atoms with Crippen LogP contribution in [0.2, 0.25) is 0 Å². The van der Waals surface area contributed by atoms with Crippen LogP contribution in [0.1, 0.15) is 49.4 Å². The van der Waals surface area contributed by atoms with Crippen molar-refractivity contribution >= 4 is 23.2 Å². The van der Waals surface area contributed by atoms with Crippen LogP contribution in [0.5, 0.6) is 0 Å². The summed E-state index contributed by atoms with van der Waals surface area (Å²) in [7, 11) is 0. The van der Waals surface area contributed by atoms with Crippen molar-refractivity contribution in [3.63, 3.8) is 0 Å². The molecule has 0 atom stereocenters. The Kier molecular flexibility index (Phi) is 6.49. The Hall–Kier alpha value is -2.64. The summed E-state index contributed by atoms with van der Waals surface area (Å²) in [5.41, 5.74) is 0.912. The number of nitrogens with one attached hydrogen (secondary N) is 1. The van der Waals surface area contributed by atoms with Gasteiger partial charge in [-0.25, -0.2) is 0 Å². The van der Waals surface area contributed by atoms with Crippen molar-refractivity contribution in [2.24, 2.45) is 5.92 Å². The molecule has 1 aromatic carbocycles. The van der Waals surface area contributed by atoms with Crippen molar-refractivity contribution in [1.82, 2.24) is 10.2 Å². The molecule has 0 aromatic heterocycles. The summed E-state index contributed by atoms with van der Waals surface area (Å²) in [4.78, 5) is 39.8. The van der Waals surface area contributed by atoms with Crippen molar-refractivity contribution in [3.05, 3.63) is 33.9 Å². The van der Waals surface area contributed by atoms with Crippen LogP contribution in [0, 0.1) is 16.0 Å². The number of rotatable bonds is 6. The molecule has 0 aliphatic carbocycles. The van der Waals surface area contributed by atoms with Gasteiger partial charge in [-0.1, -0.05) is 6.92 Å². The van der Waals surface area contributed by atoms with E-state index < -0.39 is 4.92 Å². The maximum atomic E-state index is 12.8. The molecule has 3 rings (SSSR count). The number of anilines is 1. The zero-order valence-corrected chi connectivity index (χ0v) is 16.4. The highest BCUT2D eigenvalue weighted by molar-refractivity contribution is 5.96. The first-order valence-electron chi connectivity index (χ1n) is 10.1. The number of piperidine rings is 1. The molecule has 0 bridgehead atoms. The first kappa shape index (κ1) is 20.1. The Bertz CT molecular complexity index is 738. The van der Waals surface area contributed by atoms with Gasteiger partial charge in [0.05, 0.1) is 4.92 Å². The number of likely N-dealkylation sites (tertiary alicyclic amines) is 1. The summed E-state index contributed by atoms with van der Waals surface area (Å²) in [6.45, 7) is 5.28. The van der Waals surface area contributed by atoms with E-state index in [2.05, 4.69) is 5.32 Å². The van der Waals surface area contributed by atoms with E-state index in [0.717, 1.165) is 32.4 Å². The molecule has 1 aromatic rings. The van der Waals surface area contributed by atoms with Crippen LogP contribution in [0.15, 0.2) is 18.2 Å². The molecule has 0 saturated carbocycles. The number of hydrogen-bond acceptors (Lipinski definition) is 5. The highest BCUT2D eigenvalue weighted by Gasteiger charge is 2.29. The van der Waals surface area contributed by atoms with Crippen molar-refractivity contribution in [1.29, 1.82) is 0 Å². The first-order chi connectivity index (χ1) is 13.5. The SMILES string of the molecule is CCCNC(=O)C1CCN(C(=O)c2ccc(N3CCCC3)c([N+](=O)[O-])c2)CC1. The number of amides is 2. The van der Waals surface area contributed by atoms with Crippen molar-refractivity contribution in [2.75, 3.05) is 37.6 Å². The van der Waals surface area contributed by atoms with Gasteiger partial charge in [0, 0.05) is 50.3 Å². The zero-order chi connectivity index (χ0) is 20.1. The third-order valence-electron chi connectivity index (χ3n) is 5.57. The Labute approximate surface area is 165 Å². The Morgan fingerprint density at radius 2 is 1.86 bits per heavy atom. The minimum atomic E-state index is -0.408. The second kappa shape index (κ2) is 9.03. The third kappa shape index (κ3) is 4.43. The molecule has 2 aliphatic heterocycles. The number of carbonyl (C=O) groups excluding carboxylic acids is 2. The van der Waals surface area contributed by atoms with Gasteiger partial charge in [0.15, 0.2) is 0 Å². The lowest BCUT2D eigenvalue weighted by atomic mass is 9.95. The Morgan fingerprint density at radius 1 is 1.18 bits per heavy atom. The van der Waals surface area contributed by atoms with Crippen molar-refractivity contribution < 1.29 is 14.5 Å². The highest BCUT2D eigenvalue weighted by Crippen LogP contribution is 2.32. The first-order valence-corrected chi connectivity index (χ1v) is 10.1. The van der Waals surface area contributed by atoms with Crippen LogP contribution in [0.25, 0.3) is 0 Å². The Balaban J connectivity index is 1.67. The number of nitrogens with zero attached hydrogens (tertiary/aromatic N) is 3. The molecule has 0 radical (unpaired) electrons. The fourth-order valence-electron chi connectivity index (χ4n) is 3.95. The summed E-state index contributed by atoms with van der Waals surface area (Å²) in [6.07, 6.45) is 4.19. The van der Waals surface area contributed by atoms with Gasteiger partial charge in [0.25, 0.3) is 11.6 Å². The van der Waals surface area contributed by atoms with Gasteiger partial charge in [-0.3, -0.25) is 19.7 Å². The maximum Gasteiger partial charge on any atom is 0.293 e. The third-order valence-corrected chi connectivity index (χ3v) is 5.57. The molecule has 2 saturated heterocycles. The van der Waals surface area contributed by atoms with Gasteiger partial charge in [0.1, 0.15) is 5.69 Å². The van der Waals surface area contributed by atoms with Crippen molar-refractivity contribution in [2.45, 2.75) is 39.0 Å². The van der Waals surface area contributed by atoms with Crippen molar-refractivity contribution in [3.8, 4) is 0 Å². The minimum absolute atomic E-state index is 0.0124. The second-order valence-electron chi connectivity index (χ2n) is 7.51. The molecule has 8 heteroatoms. The van der Waals surface area contributed by atoms with Gasteiger partial charge in [0.2, 0.25) is 5.91 Å². The average Bonchev–Trinajstić information content (AvgIpc) is 3.25. The van der Waals surface area contributed by atoms with Crippen LogP contribution in [-0.4, -0.2) is 54.4 Å². The number of nitro benzene ring substituents is 1. The molecule has 2 heterocycles. The van der Waals surface area contributed by atoms with Gasteiger partial charge < -0.3 is 15.1 Å². The normalized spacial score (nSPS) is 17.6. The molecule has 2 aliphatic rings. The number of benzene rings is 1. The van der Waals surface area contributed by atoms with E-state index in [1.54, 1.807) is 17.0 Å². The van der Waals surface area contributed by atoms with E-state index in [0.29, 0.717) is 43.7 Å². The molecule has 8 nitrogen and oxygen atoms in total. The quantitative estimate of drug-likeness (QED) is 0.597. The van der Waals surface area contributed by atoms with Gasteiger partial charge in [-0.05, 0) is 44.2 Å². The van der Waals surface area contributed by atoms with E-state index >= 15 is 0 Å². The molecule has 0 spiro atoms. The number of hydrogen-bond donors (Lipinski definition) is 1. The fourth-order valence-corrected chi connectivity index (χ4v) is 3.95. The van der Waals surface area contributed by atoms with E-state index in [1.165, 1.54) is 6.07 Å². The van der Waals surface area contributed by atoms with Gasteiger partial charge in [-0.15, -0.1) is 0 Å². The highest BCUT2D eigenvalue weighted by atomic mass is 16.6. The summed E-state index contributed by atoms with van der Waals surface area (Å²) in [5, 5.41) is 14.5. The molecule has 1 N–H and O–H groups in total. The van der Waals surface area contributed by atoms with E-state index in [4.69, 9.17) is 0 Å². The molecule has 0 unspecified atom stereocenters. The fraction of sp³-hybridized carbons (Fsp3) is 0.600. The lowest BCUT2D eigenvalue weighted by Crippen LogP contribution is -2.43. The van der Waals surface area contributed by atoms with E-state index in [-0.39, 0.29) is 23.4 Å². The number of carbonyl (C=O) groups is 2. The van der Waals surface area contributed by atoms with E-state index in [1.807, 2.05) is 11.8 Å².